The highest BCUT2D eigenvalue weighted by atomic mass is 35.5. The number of hydrogen-bond acceptors (Lipinski definition) is 5. The maximum absolute atomic E-state index is 12.4. The van der Waals surface area contributed by atoms with Crippen LogP contribution < -0.4 is 0 Å². The Morgan fingerprint density at radius 1 is 1.30 bits per heavy atom. The molecule has 1 aliphatic heterocycles. The molecule has 0 spiro atoms. The summed E-state index contributed by atoms with van der Waals surface area (Å²) in [6, 6.07) is 3.51. The van der Waals surface area contributed by atoms with Crippen LogP contribution in [0.15, 0.2) is 34.9 Å². The molecule has 1 fully saturated rings. The van der Waals surface area contributed by atoms with E-state index in [9.17, 15) is 9.59 Å². The summed E-state index contributed by atoms with van der Waals surface area (Å²) in [4.78, 5) is 25.3. The number of ether oxygens (including phenoxy) is 2. The summed E-state index contributed by atoms with van der Waals surface area (Å²) in [6.45, 7) is 1.11. The summed E-state index contributed by atoms with van der Waals surface area (Å²) in [5.41, 5.74) is 0.254. The molecule has 104 valence electrons. The molecule has 0 amide bonds. The van der Waals surface area contributed by atoms with Crippen molar-refractivity contribution in [3.05, 3.63) is 44.6 Å². The van der Waals surface area contributed by atoms with Crippen molar-refractivity contribution in [2.75, 3.05) is 13.2 Å². The van der Waals surface area contributed by atoms with Crippen LogP contribution in [-0.4, -0.2) is 24.8 Å². The monoisotopic (exact) mass is 310 g/mol. The van der Waals surface area contributed by atoms with Gasteiger partial charge in [-0.05, 0) is 12.1 Å². The summed E-state index contributed by atoms with van der Waals surface area (Å²) in [5, 5.41) is 0.0146. The average molecular weight is 311 g/mol. The molecular weight excluding hydrogens is 300 g/mol. The topological polar surface area (TPSA) is 52.6 Å². The number of rotatable bonds is 3. The summed E-state index contributed by atoms with van der Waals surface area (Å²) >= 11 is 7.22. The molecule has 6 heteroatoms. The Balaban J connectivity index is 1.86. The molecule has 0 atom stereocenters. The quantitative estimate of drug-likeness (QED) is 0.805. The van der Waals surface area contributed by atoms with E-state index in [1.807, 2.05) is 0 Å². The van der Waals surface area contributed by atoms with Crippen LogP contribution in [0.2, 0.25) is 0 Å². The molecule has 4 nitrogen and oxygen atoms in total. The van der Waals surface area contributed by atoms with Crippen LogP contribution in [0.25, 0.3) is 0 Å². The van der Waals surface area contributed by atoms with E-state index in [0.717, 1.165) is 4.88 Å². The number of Topliss-reactive ketones (excluding diaryl/α,β-unsaturated/α-hetero) is 2. The molecule has 0 bridgehead atoms. The summed E-state index contributed by atoms with van der Waals surface area (Å²) in [5.74, 6) is -0.467. The van der Waals surface area contributed by atoms with Crippen molar-refractivity contribution in [1.29, 1.82) is 0 Å². The number of allylic oxidation sites excluding steroid dienone is 4. The largest absolute Gasteiger partial charge is 0.345 e. The lowest BCUT2D eigenvalue weighted by atomic mass is 10.0. The minimum atomic E-state index is -0.394. The van der Waals surface area contributed by atoms with Gasteiger partial charge < -0.3 is 9.47 Å². The Labute approximate surface area is 124 Å². The van der Waals surface area contributed by atoms with Gasteiger partial charge in [-0.15, -0.1) is 11.3 Å². The predicted octanol–water partition coefficient (Wildman–Crippen LogP) is 3.00. The molecule has 0 N–H and O–H groups in total. The number of halogens is 1. The van der Waals surface area contributed by atoms with Crippen LogP contribution in [0.5, 0.6) is 0 Å². The molecule has 1 aromatic rings. The third kappa shape index (κ3) is 2.50. The first-order chi connectivity index (χ1) is 9.66. The fourth-order valence-electron chi connectivity index (χ4n) is 2.03. The zero-order valence-electron chi connectivity index (χ0n) is 10.4. The lowest BCUT2D eigenvalue weighted by Gasteiger charge is -2.08. The minimum absolute atomic E-state index is 0.0146. The van der Waals surface area contributed by atoms with Gasteiger partial charge in [0.15, 0.2) is 12.1 Å². The van der Waals surface area contributed by atoms with Crippen LogP contribution in [0.1, 0.15) is 27.3 Å². The van der Waals surface area contributed by atoms with E-state index >= 15 is 0 Å². The number of carbonyl (C=O) groups excluding carboxylic acids is 2. The van der Waals surface area contributed by atoms with Crippen LogP contribution in [-0.2, 0) is 14.3 Å². The SMILES string of the molecule is O=C1CC=CC(C(=O)c2ccc(C3OCCO3)s2)=C1Cl. The van der Waals surface area contributed by atoms with Crippen molar-refractivity contribution >= 4 is 34.5 Å². The lowest BCUT2D eigenvalue weighted by Crippen LogP contribution is -2.10. The van der Waals surface area contributed by atoms with Crippen molar-refractivity contribution in [3.8, 4) is 0 Å². The molecule has 0 radical (unpaired) electrons. The van der Waals surface area contributed by atoms with Gasteiger partial charge in [-0.2, -0.15) is 0 Å². The lowest BCUT2D eigenvalue weighted by molar-refractivity contribution is -0.114. The van der Waals surface area contributed by atoms with E-state index in [2.05, 4.69) is 0 Å². The van der Waals surface area contributed by atoms with E-state index in [-0.39, 0.29) is 28.6 Å². The number of carbonyl (C=O) groups is 2. The molecule has 0 unspecified atom stereocenters. The van der Waals surface area contributed by atoms with Crippen LogP contribution in [0.3, 0.4) is 0 Å². The van der Waals surface area contributed by atoms with E-state index < -0.39 is 6.29 Å². The summed E-state index contributed by atoms with van der Waals surface area (Å²) < 4.78 is 10.8. The van der Waals surface area contributed by atoms with Gasteiger partial charge in [0.2, 0.25) is 5.78 Å². The molecule has 0 aromatic carbocycles. The summed E-state index contributed by atoms with van der Waals surface area (Å²) in [6.07, 6.45) is 3.11. The number of hydrogen-bond donors (Lipinski definition) is 0. The smallest absolute Gasteiger partial charge is 0.204 e. The van der Waals surface area contributed by atoms with Gasteiger partial charge in [0.25, 0.3) is 0 Å². The van der Waals surface area contributed by atoms with E-state index in [4.69, 9.17) is 21.1 Å². The zero-order valence-corrected chi connectivity index (χ0v) is 12.0. The van der Waals surface area contributed by atoms with Crippen molar-refractivity contribution < 1.29 is 19.1 Å². The highest BCUT2D eigenvalue weighted by molar-refractivity contribution is 7.14. The average Bonchev–Trinajstić information content (AvgIpc) is 3.11. The zero-order chi connectivity index (χ0) is 14.1. The van der Waals surface area contributed by atoms with Gasteiger partial charge in [-0.25, -0.2) is 0 Å². The second-order valence-electron chi connectivity index (χ2n) is 4.36. The van der Waals surface area contributed by atoms with Gasteiger partial charge >= 0.3 is 0 Å². The predicted molar refractivity (Wildman–Crippen MR) is 74.9 cm³/mol. The molecule has 20 heavy (non-hydrogen) atoms. The molecule has 1 saturated heterocycles. The molecule has 0 saturated carbocycles. The molecular formula is C14H11ClO4S. The van der Waals surface area contributed by atoms with E-state index in [0.29, 0.717) is 18.1 Å². The number of ketones is 2. The van der Waals surface area contributed by atoms with Crippen LogP contribution in [0.4, 0.5) is 0 Å². The highest BCUT2D eigenvalue weighted by Crippen LogP contribution is 2.32. The minimum Gasteiger partial charge on any atom is -0.345 e. The maximum Gasteiger partial charge on any atom is 0.204 e. The molecule has 1 aromatic heterocycles. The molecule has 3 rings (SSSR count). The summed E-state index contributed by atoms with van der Waals surface area (Å²) in [7, 11) is 0. The Bertz CT molecular complexity index is 623. The first-order valence-electron chi connectivity index (χ1n) is 6.14. The second kappa shape index (κ2) is 5.61. The third-order valence-corrected chi connectivity index (χ3v) is 4.54. The Hall–Kier alpha value is -1.27. The highest BCUT2D eigenvalue weighted by Gasteiger charge is 2.25. The van der Waals surface area contributed by atoms with Gasteiger partial charge in [0, 0.05) is 12.0 Å². The van der Waals surface area contributed by atoms with E-state index in [1.54, 1.807) is 24.3 Å². The fourth-order valence-corrected chi connectivity index (χ4v) is 3.22. The van der Waals surface area contributed by atoms with Crippen LogP contribution >= 0.6 is 22.9 Å². The Morgan fingerprint density at radius 3 is 2.80 bits per heavy atom. The van der Waals surface area contributed by atoms with Crippen LogP contribution in [0, 0.1) is 0 Å². The maximum atomic E-state index is 12.4. The standard InChI is InChI=1S/C14H11ClO4S/c15-12-8(2-1-3-9(12)16)13(17)10-4-5-11(20-10)14-18-6-7-19-14/h1-2,4-5,14H,3,6-7H2. The van der Waals surface area contributed by atoms with Crippen molar-refractivity contribution in [2.24, 2.45) is 0 Å². The molecule has 2 aliphatic rings. The Kier molecular flexibility index (Phi) is 3.85. The Morgan fingerprint density at radius 2 is 2.05 bits per heavy atom. The van der Waals surface area contributed by atoms with Gasteiger partial charge in [0.05, 0.1) is 28.0 Å². The van der Waals surface area contributed by atoms with Gasteiger partial charge in [-0.3, -0.25) is 9.59 Å². The third-order valence-electron chi connectivity index (χ3n) is 3.02. The van der Waals surface area contributed by atoms with Crippen molar-refractivity contribution in [1.82, 2.24) is 0 Å². The van der Waals surface area contributed by atoms with Gasteiger partial charge in [0.1, 0.15) is 0 Å². The normalized spacial score (nSPS) is 19.9. The van der Waals surface area contributed by atoms with E-state index in [1.165, 1.54) is 11.3 Å². The van der Waals surface area contributed by atoms with Crippen molar-refractivity contribution in [3.63, 3.8) is 0 Å². The second-order valence-corrected chi connectivity index (χ2v) is 5.86. The first kappa shape index (κ1) is 13.7. The molecule has 2 heterocycles. The van der Waals surface area contributed by atoms with Crippen molar-refractivity contribution in [2.45, 2.75) is 12.7 Å². The first-order valence-corrected chi connectivity index (χ1v) is 7.33. The van der Waals surface area contributed by atoms with Gasteiger partial charge in [-0.1, -0.05) is 23.8 Å². The number of thiophene rings is 1. The molecule has 1 aliphatic carbocycles. The fraction of sp³-hybridized carbons (Fsp3) is 0.286.